The van der Waals surface area contributed by atoms with E-state index in [-0.39, 0.29) is 23.9 Å². The van der Waals surface area contributed by atoms with E-state index in [2.05, 4.69) is 22.7 Å². The van der Waals surface area contributed by atoms with Crippen molar-refractivity contribution < 1.29 is 9.59 Å². The van der Waals surface area contributed by atoms with Crippen LogP contribution in [-0.4, -0.2) is 33.7 Å². The molecule has 30 heavy (non-hydrogen) atoms. The molecule has 0 atom stereocenters. The Morgan fingerprint density at radius 3 is 2.27 bits per heavy atom. The van der Waals surface area contributed by atoms with Crippen LogP contribution in [0.1, 0.15) is 43.6 Å². The number of hydrogen-bond acceptors (Lipinski definition) is 3. The first kappa shape index (κ1) is 21.3. The van der Waals surface area contributed by atoms with Gasteiger partial charge in [-0.1, -0.05) is 49.4 Å². The third-order valence-corrected chi connectivity index (χ3v) is 4.54. The molecule has 0 spiro atoms. The molecule has 6 heteroatoms. The van der Waals surface area contributed by atoms with Crippen molar-refractivity contribution >= 4 is 11.8 Å². The Morgan fingerprint density at radius 2 is 1.67 bits per heavy atom. The standard InChI is InChI=1S/C24H28N4O2/c1-5-17-11-13-18(14-12-17)22-20(16-28(27-22)19-9-7-6-8-10-19)23(30)25-15-21(29)26-24(2,3)4/h6-14,16H,5,15H2,1-4H3,(H,25,30)(H,26,29). The van der Waals surface area contributed by atoms with Crippen molar-refractivity contribution in [3.63, 3.8) is 0 Å². The summed E-state index contributed by atoms with van der Waals surface area (Å²) >= 11 is 0. The lowest BCUT2D eigenvalue weighted by molar-refractivity contribution is -0.121. The molecule has 0 saturated carbocycles. The van der Waals surface area contributed by atoms with Gasteiger partial charge in [-0.15, -0.1) is 0 Å². The average molecular weight is 405 g/mol. The molecular formula is C24H28N4O2. The Labute approximate surface area is 177 Å². The Hall–Kier alpha value is -3.41. The number of carbonyl (C=O) groups is 2. The smallest absolute Gasteiger partial charge is 0.255 e. The molecule has 0 saturated heterocycles. The Balaban J connectivity index is 1.90. The van der Waals surface area contributed by atoms with Crippen LogP contribution < -0.4 is 10.6 Å². The number of benzene rings is 2. The largest absolute Gasteiger partial charge is 0.350 e. The van der Waals surface area contributed by atoms with Gasteiger partial charge in [0.15, 0.2) is 0 Å². The van der Waals surface area contributed by atoms with Crippen molar-refractivity contribution in [3.8, 4) is 16.9 Å². The van der Waals surface area contributed by atoms with Crippen LogP contribution in [0.25, 0.3) is 16.9 Å². The van der Waals surface area contributed by atoms with Gasteiger partial charge in [-0.3, -0.25) is 9.59 Å². The molecule has 3 rings (SSSR count). The second-order valence-corrected chi connectivity index (χ2v) is 8.20. The summed E-state index contributed by atoms with van der Waals surface area (Å²) < 4.78 is 1.69. The summed E-state index contributed by atoms with van der Waals surface area (Å²) in [6, 6.07) is 17.6. The van der Waals surface area contributed by atoms with E-state index in [4.69, 9.17) is 0 Å². The minimum atomic E-state index is -0.355. The molecule has 6 nitrogen and oxygen atoms in total. The third kappa shape index (κ3) is 5.35. The SMILES string of the molecule is CCc1ccc(-c2nn(-c3ccccc3)cc2C(=O)NCC(=O)NC(C)(C)C)cc1. The molecule has 1 aromatic heterocycles. The number of amides is 2. The zero-order valence-electron chi connectivity index (χ0n) is 17.9. The fourth-order valence-electron chi connectivity index (χ4n) is 3.08. The zero-order chi connectivity index (χ0) is 21.7. The predicted molar refractivity (Wildman–Crippen MR) is 119 cm³/mol. The molecule has 0 bridgehead atoms. The lowest BCUT2D eigenvalue weighted by atomic mass is 10.0. The summed E-state index contributed by atoms with van der Waals surface area (Å²) in [6.07, 6.45) is 2.64. The normalized spacial score (nSPS) is 11.2. The van der Waals surface area contributed by atoms with Gasteiger partial charge < -0.3 is 10.6 Å². The molecule has 2 N–H and O–H groups in total. The van der Waals surface area contributed by atoms with Gasteiger partial charge in [0.1, 0.15) is 5.69 Å². The zero-order valence-corrected chi connectivity index (χ0v) is 17.9. The lowest BCUT2D eigenvalue weighted by Crippen LogP contribution is -2.45. The van der Waals surface area contributed by atoms with E-state index in [1.807, 2.05) is 75.4 Å². The van der Waals surface area contributed by atoms with Crippen LogP contribution >= 0.6 is 0 Å². The summed E-state index contributed by atoms with van der Waals surface area (Å²) in [5.74, 6) is -0.573. The Morgan fingerprint density at radius 1 is 1.00 bits per heavy atom. The van der Waals surface area contributed by atoms with Crippen LogP contribution in [-0.2, 0) is 11.2 Å². The highest BCUT2D eigenvalue weighted by atomic mass is 16.2. The number of aromatic nitrogens is 2. The van der Waals surface area contributed by atoms with Gasteiger partial charge in [-0.05, 0) is 44.9 Å². The molecule has 1 heterocycles. The molecule has 0 radical (unpaired) electrons. The number of hydrogen-bond donors (Lipinski definition) is 2. The summed E-state index contributed by atoms with van der Waals surface area (Å²) in [6.45, 7) is 7.69. The highest BCUT2D eigenvalue weighted by Gasteiger charge is 2.20. The molecule has 0 unspecified atom stereocenters. The molecule has 2 aromatic carbocycles. The number of para-hydroxylation sites is 1. The second kappa shape index (κ2) is 8.95. The van der Waals surface area contributed by atoms with Crippen LogP contribution in [0.5, 0.6) is 0 Å². The fourth-order valence-corrected chi connectivity index (χ4v) is 3.08. The van der Waals surface area contributed by atoms with E-state index >= 15 is 0 Å². The lowest BCUT2D eigenvalue weighted by Gasteiger charge is -2.20. The maximum absolute atomic E-state index is 12.9. The highest BCUT2D eigenvalue weighted by molar-refractivity contribution is 6.01. The van der Waals surface area contributed by atoms with Crippen molar-refractivity contribution in [2.75, 3.05) is 6.54 Å². The summed E-state index contributed by atoms with van der Waals surface area (Å²) in [5, 5.41) is 10.2. The molecule has 3 aromatic rings. The Bertz CT molecular complexity index is 1020. The molecule has 0 aliphatic rings. The minimum Gasteiger partial charge on any atom is -0.350 e. The topological polar surface area (TPSA) is 76.0 Å². The summed E-state index contributed by atoms with van der Waals surface area (Å²) in [5.41, 5.74) is 3.57. The molecule has 0 fully saturated rings. The predicted octanol–water partition coefficient (Wildman–Crippen LogP) is 3.75. The van der Waals surface area contributed by atoms with Crippen molar-refractivity contribution in [2.45, 2.75) is 39.7 Å². The van der Waals surface area contributed by atoms with Gasteiger partial charge in [0, 0.05) is 17.3 Å². The summed E-state index contributed by atoms with van der Waals surface area (Å²) in [7, 11) is 0. The van der Waals surface area contributed by atoms with Crippen molar-refractivity contribution in [2.24, 2.45) is 0 Å². The number of aryl methyl sites for hydroxylation is 1. The first-order valence-corrected chi connectivity index (χ1v) is 10.1. The third-order valence-electron chi connectivity index (χ3n) is 4.54. The monoisotopic (exact) mass is 404 g/mol. The van der Waals surface area contributed by atoms with E-state index in [1.165, 1.54) is 5.56 Å². The van der Waals surface area contributed by atoms with Gasteiger partial charge in [0.25, 0.3) is 5.91 Å². The summed E-state index contributed by atoms with van der Waals surface area (Å²) in [4.78, 5) is 25.0. The van der Waals surface area contributed by atoms with Crippen LogP contribution in [0.3, 0.4) is 0 Å². The fraction of sp³-hybridized carbons (Fsp3) is 0.292. The van der Waals surface area contributed by atoms with E-state index in [0.717, 1.165) is 17.7 Å². The van der Waals surface area contributed by atoms with Crippen molar-refractivity contribution in [1.82, 2.24) is 20.4 Å². The van der Waals surface area contributed by atoms with Gasteiger partial charge in [-0.25, -0.2) is 4.68 Å². The first-order chi connectivity index (χ1) is 14.3. The van der Waals surface area contributed by atoms with Gasteiger partial charge >= 0.3 is 0 Å². The van der Waals surface area contributed by atoms with Crippen LogP contribution in [0.4, 0.5) is 0 Å². The van der Waals surface area contributed by atoms with E-state index < -0.39 is 0 Å². The molecular weight excluding hydrogens is 376 g/mol. The number of carbonyl (C=O) groups excluding carboxylic acids is 2. The number of nitrogens with one attached hydrogen (secondary N) is 2. The molecule has 0 aliphatic heterocycles. The minimum absolute atomic E-state index is 0.0964. The molecule has 2 amide bonds. The molecule has 156 valence electrons. The number of rotatable bonds is 6. The van der Waals surface area contributed by atoms with Crippen LogP contribution in [0, 0.1) is 0 Å². The number of nitrogens with zero attached hydrogens (tertiary/aromatic N) is 2. The van der Waals surface area contributed by atoms with Crippen LogP contribution in [0.15, 0.2) is 60.8 Å². The van der Waals surface area contributed by atoms with E-state index in [9.17, 15) is 9.59 Å². The van der Waals surface area contributed by atoms with E-state index in [1.54, 1.807) is 10.9 Å². The highest BCUT2D eigenvalue weighted by Crippen LogP contribution is 2.24. The molecule has 0 aliphatic carbocycles. The van der Waals surface area contributed by atoms with Gasteiger partial charge in [-0.2, -0.15) is 5.10 Å². The quantitative estimate of drug-likeness (QED) is 0.657. The van der Waals surface area contributed by atoms with Gasteiger partial charge in [0.05, 0.1) is 17.8 Å². The second-order valence-electron chi connectivity index (χ2n) is 8.20. The van der Waals surface area contributed by atoms with Crippen molar-refractivity contribution in [3.05, 3.63) is 71.9 Å². The average Bonchev–Trinajstić information content (AvgIpc) is 3.17. The maximum atomic E-state index is 12.9. The first-order valence-electron chi connectivity index (χ1n) is 10.1. The van der Waals surface area contributed by atoms with E-state index in [0.29, 0.717) is 11.3 Å². The van der Waals surface area contributed by atoms with Crippen LogP contribution in [0.2, 0.25) is 0 Å². The van der Waals surface area contributed by atoms with Gasteiger partial charge in [0.2, 0.25) is 5.91 Å². The van der Waals surface area contributed by atoms with Crippen molar-refractivity contribution in [1.29, 1.82) is 0 Å². The Kier molecular flexibility index (Phi) is 6.35. The maximum Gasteiger partial charge on any atom is 0.255 e.